The van der Waals surface area contributed by atoms with Gasteiger partial charge in [-0.15, -0.1) is 0 Å². The molecule has 72 valence electrons. The molecule has 0 amide bonds. The van der Waals surface area contributed by atoms with Crippen LogP contribution < -0.4 is 0 Å². The van der Waals surface area contributed by atoms with Crippen molar-refractivity contribution in [2.75, 3.05) is 13.7 Å². The molecule has 0 saturated carbocycles. The summed E-state index contributed by atoms with van der Waals surface area (Å²) in [5, 5.41) is 9.69. The van der Waals surface area contributed by atoms with Crippen LogP contribution in [-0.4, -0.2) is 18.8 Å². The molecule has 13 heavy (non-hydrogen) atoms. The Balaban J connectivity index is 2.35. The normalized spacial score (nSPS) is 12.8. The first-order valence-electron chi connectivity index (χ1n) is 4.56. The van der Waals surface area contributed by atoms with Crippen LogP contribution in [0.15, 0.2) is 30.3 Å². The van der Waals surface area contributed by atoms with Gasteiger partial charge in [0.1, 0.15) is 0 Å². The second-order valence-corrected chi connectivity index (χ2v) is 3.06. The lowest BCUT2D eigenvalue weighted by Crippen LogP contribution is -1.99. The largest absolute Gasteiger partial charge is 0.388 e. The molecule has 0 saturated heterocycles. The summed E-state index contributed by atoms with van der Waals surface area (Å²) in [5.41, 5.74) is 0.985. The maximum Gasteiger partial charge on any atom is 0.0790 e. The lowest BCUT2D eigenvalue weighted by Gasteiger charge is -2.09. The van der Waals surface area contributed by atoms with Crippen LogP contribution in [0, 0.1) is 0 Å². The third-order valence-corrected chi connectivity index (χ3v) is 2.01. The van der Waals surface area contributed by atoms with Crippen LogP contribution in [0.1, 0.15) is 24.5 Å². The van der Waals surface area contributed by atoms with Crippen molar-refractivity contribution in [2.45, 2.75) is 18.9 Å². The fourth-order valence-corrected chi connectivity index (χ4v) is 1.26. The fourth-order valence-electron chi connectivity index (χ4n) is 1.26. The van der Waals surface area contributed by atoms with Crippen LogP contribution in [0.5, 0.6) is 0 Å². The predicted octanol–water partition coefficient (Wildman–Crippen LogP) is 2.15. The van der Waals surface area contributed by atoms with E-state index in [-0.39, 0.29) is 6.10 Å². The maximum atomic E-state index is 9.69. The second-order valence-electron chi connectivity index (χ2n) is 3.06. The molecule has 1 aromatic rings. The molecule has 2 heteroatoms. The van der Waals surface area contributed by atoms with Crippen LogP contribution in [-0.2, 0) is 4.74 Å². The molecule has 1 rings (SSSR count). The van der Waals surface area contributed by atoms with E-state index in [4.69, 9.17) is 4.74 Å². The van der Waals surface area contributed by atoms with Crippen LogP contribution >= 0.6 is 0 Å². The highest BCUT2D eigenvalue weighted by Gasteiger charge is 2.05. The Bertz CT molecular complexity index is 221. The molecule has 0 aliphatic heterocycles. The van der Waals surface area contributed by atoms with Crippen molar-refractivity contribution >= 4 is 0 Å². The van der Waals surface area contributed by atoms with Gasteiger partial charge in [0.25, 0.3) is 0 Å². The standard InChI is InChI=1S/C11H16O2/c1-13-9-5-8-11(12)10-6-3-2-4-7-10/h2-4,6-7,11-12H,5,8-9H2,1H3/t11-/m1/s1. The van der Waals surface area contributed by atoms with Gasteiger partial charge in [-0.3, -0.25) is 0 Å². The molecule has 2 nitrogen and oxygen atoms in total. The number of benzene rings is 1. The van der Waals surface area contributed by atoms with Gasteiger partial charge < -0.3 is 9.84 Å². The number of rotatable bonds is 5. The average Bonchev–Trinajstić information content (AvgIpc) is 2.19. The Hall–Kier alpha value is -0.860. The van der Waals surface area contributed by atoms with Crippen LogP contribution in [0.25, 0.3) is 0 Å². The zero-order valence-electron chi connectivity index (χ0n) is 7.94. The number of hydrogen-bond acceptors (Lipinski definition) is 2. The highest BCUT2D eigenvalue weighted by molar-refractivity contribution is 5.16. The van der Waals surface area contributed by atoms with Gasteiger partial charge in [0.15, 0.2) is 0 Å². The molecule has 1 atom stereocenters. The van der Waals surface area contributed by atoms with E-state index < -0.39 is 0 Å². The highest BCUT2D eigenvalue weighted by Crippen LogP contribution is 2.17. The first-order valence-corrected chi connectivity index (χ1v) is 4.56. The number of aliphatic hydroxyl groups excluding tert-OH is 1. The summed E-state index contributed by atoms with van der Waals surface area (Å²) in [6.07, 6.45) is 1.31. The summed E-state index contributed by atoms with van der Waals surface area (Å²) in [6.45, 7) is 0.712. The predicted molar refractivity (Wildman–Crippen MR) is 52.5 cm³/mol. The number of methoxy groups -OCH3 is 1. The average molecular weight is 180 g/mol. The third-order valence-electron chi connectivity index (χ3n) is 2.01. The van der Waals surface area contributed by atoms with E-state index in [1.54, 1.807) is 7.11 Å². The zero-order valence-corrected chi connectivity index (χ0v) is 7.94. The maximum absolute atomic E-state index is 9.69. The SMILES string of the molecule is COCCC[C@@H](O)c1ccccc1. The van der Waals surface area contributed by atoms with E-state index in [1.165, 1.54) is 0 Å². The molecule has 0 fully saturated rings. The van der Waals surface area contributed by atoms with E-state index in [9.17, 15) is 5.11 Å². The van der Waals surface area contributed by atoms with Gasteiger partial charge in [0, 0.05) is 13.7 Å². The van der Waals surface area contributed by atoms with Crippen molar-refractivity contribution in [2.24, 2.45) is 0 Å². The van der Waals surface area contributed by atoms with Crippen molar-refractivity contribution in [3.8, 4) is 0 Å². The van der Waals surface area contributed by atoms with E-state index in [0.29, 0.717) is 6.61 Å². The molecule has 0 spiro atoms. The van der Waals surface area contributed by atoms with E-state index in [0.717, 1.165) is 18.4 Å². The molecular formula is C11H16O2. The molecule has 0 unspecified atom stereocenters. The highest BCUT2D eigenvalue weighted by atomic mass is 16.5. The van der Waals surface area contributed by atoms with Gasteiger partial charge in [-0.25, -0.2) is 0 Å². The van der Waals surface area contributed by atoms with Gasteiger partial charge in [0.2, 0.25) is 0 Å². The molecule has 0 aromatic heterocycles. The Morgan fingerprint density at radius 3 is 2.62 bits per heavy atom. The number of hydrogen-bond donors (Lipinski definition) is 1. The molecule has 1 aromatic carbocycles. The number of ether oxygens (including phenoxy) is 1. The summed E-state index contributed by atoms with van der Waals surface area (Å²) < 4.78 is 4.92. The minimum atomic E-state index is -0.351. The Labute approximate surface area is 79.2 Å². The molecule has 0 bridgehead atoms. The summed E-state index contributed by atoms with van der Waals surface area (Å²) in [4.78, 5) is 0. The van der Waals surface area contributed by atoms with Crippen molar-refractivity contribution in [1.29, 1.82) is 0 Å². The minimum absolute atomic E-state index is 0.351. The van der Waals surface area contributed by atoms with Gasteiger partial charge >= 0.3 is 0 Å². The third kappa shape index (κ3) is 3.57. The lowest BCUT2D eigenvalue weighted by atomic mass is 10.1. The smallest absolute Gasteiger partial charge is 0.0790 e. The summed E-state index contributed by atoms with van der Waals surface area (Å²) in [7, 11) is 1.68. The quantitative estimate of drug-likeness (QED) is 0.703. The molecule has 0 aliphatic carbocycles. The summed E-state index contributed by atoms with van der Waals surface area (Å²) in [6, 6.07) is 9.71. The summed E-state index contributed by atoms with van der Waals surface area (Å²) >= 11 is 0. The van der Waals surface area contributed by atoms with Crippen molar-refractivity contribution in [3.05, 3.63) is 35.9 Å². The van der Waals surface area contributed by atoms with Crippen molar-refractivity contribution < 1.29 is 9.84 Å². The van der Waals surface area contributed by atoms with E-state index in [2.05, 4.69) is 0 Å². The van der Waals surface area contributed by atoms with Crippen molar-refractivity contribution in [1.82, 2.24) is 0 Å². The second kappa shape index (κ2) is 5.73. The van der Waals surface area contributed by atoms with Crippen LogP contribution in [0.2, 0.25) is 0 Å². The number of aliphatic hydroxyl groups is 1. The Morgan fingerprint density at radius 1 is 1.31 bits per heavy atom. The minimum Gasteiger partial charge on any atom is -0.388 e. The van der Waals surface area contributed by atoms with Gasteiger partial charge in [0.05, 0.1) is 6.10 Å². The monoisotopic (exact) mass is 180 g/mol. The first-order chi connectivity index (χ1) is 6.34. The Morgan fingerprint density at radius 2 is 2.00 bits per heavy atom. The first kappa shape index (κ1) is 10.2. The van der Waals surface area contributed by atoms with E-state index in [1.807, 2.05) is 30.3 Å². The van der Waals surface area contributed by atoms with Crippen LogP contribution in [0.3, 0.4) is 0 Å². The molecule has 1 N–H and O–H groups in total. The lowest BCUT2D eigenvalue weighted by molar-refractivity contribution is 0.136. The molecule has 0 aliphatic rings. The zero-order chi connectivity index (χ0) is 9.52. The van der Waals surface area contributed by atoms with Crippen LogP contribution in [0.4, 0.5) is 0 Å². The van der Waals surface area contributed by atoms with Crippen molar-refractivity contribution in [3.63, 3.8) is 0 Å². The van der Waals surface area contributed by atoms with Gasteiger partial charge in [-0.05, 0) is 18.4 Å². The summed E-state index contributed by atoms with van der Waals surface area (Å²) in [5.74, 6) is 0. The molecular weight excluding hydrogens is 164 g/mol. The molecule has 0 radical (unpaired) electrons. The van der Waals surface area contributed by atoms with Gasteiger partial charge in [-0.2, -0.15) is 0 Å². The fraction of sp³-hybridized carbons (Fsp3) is 0.455. The molecule has 0 heterocycles. The van der Waals surface area contributed by atoms with E-state index >= 15 is 0 Å². The topological polar surface area (TPSA) is 29.5 Å². The Kier molecular flexibility index (Phi) is 4.50. The van der Waals surface area contributed by atoms with Gasteiger partial charge in [-0.1, -0.05) is 30.3 Å².